The van der Waals surface area contributed by atoms with E-state index in [4.69, 9.17) is 11.6 Å². The van der Waals surface area contributed by atoms with Crippen molar-refractivity contribution in [2.75, 3.05) is 6.54 Å². The van der Waals surface area contributed by atoms with Gasteiger partial charge in [-0.3, -0.25) is 9.78 Å². The molecule has 0 bridgehead atoms. The second-order valence-corrected chi connectivity index (χ2v) is 3.48. The van der Waals surface area contributed by atoms with Gasteiger partial charge < -0.3 is 5.32 Å². The summed E-state index contributed by atoms with van der Waals surface area (Å²) < 4.78 is 0. The molecule has 1 atom stereocenters. The van der Waals surface area contributed by atoms with E-state index in [2.05, 4.69) is 10.3 Å². The van der Waals surface area contributed by atoms with Gasteiger partial charge in [0.05, 0.1) is 5.56 Å². The minimum atomic E-state index is -0.138. The minimum absolute atomic E-state index is 0.0550. The molecule has 0 aliphatic heterocycles. The van der Waals surface area contributed by atoms with Crippen LogP contribution in [0.15, 0.2) is 24.5 Å². The number of pyridine rings is 1. The van der Waals surface area contributed by atoms with E-state index < -0.39 is 0 Å². The molecular weight excluding hydrogens is 188 g/mol. The van der Waals surface area contributed by atoms with Gasteiger partial charge in [0.15, 0.2) is 0 Å². The molecule has 4 heteroatoms. The van der Waals surface area contributed by atoms with Crippen molar-refractivity contribution >= 4 is 17.5 Å². The smallest absolute Gasteiger partial charge is 0.252 e. The summed E-state index contributed by atoms with van der Waals surface area (Å²) in [6.07, 6.45) is 3.15. The van der Waals surface area contributed by atoms with E-state index in [0.29, 0.717) is 12.1 Å². The largest absolute Gasteiger partial charge is 0.351 e. The molecule has 1 N–H and O–H groups in total. The number of hydrogen-bond donors (Lipinski definition) is 1. The Balaban J connectivity index is 2.50. The molecule has 1 heterocycles. The first-order chi connectivity index (χ1) is 6.20. The van der Waals surface area contributed by atoms with Gasteiger partial charge in [-0.25, -0.2) is 0 Å². The third kappa shape index (κ3) is 3.42. The van der Waals surface area contributed by atoms with Crippen molar-refractivity contribution in [3.05, 3.63) is 30.1 Å². The molecule has 1 aromatic heterocycles. The number of amides is 1. The molecule has 0 radical (unpaired) electrons. The molecule has 0 fully saturated rings. The lowest BCUT2D eigenvalue weighted by atomic mass is 10.2. The summed E-state index contributed by atoms with van der Waals surface area (Å²) in [6.45, 7) is 2.29. The van der Waals surface area contributed by atoms with Gasteiger partial charge in [0.25, 0.3) is 5.91 Å². The fourth-order valence-corrected chi connectivity index (χ4v) is 0.910. The van der Waals surface area contributed by atoms with Crippen molar-refractivity contribution in [3.8, 4) is 0 Å². The van der Waals surface area contributed by atoms with E-state index in [1.807, 2.05) is 6.92 Å². The Morgan fingerprint density at radius 1 is 1.77 bits per heavy atom. The van der Waals surface area contributed by atoms with Gasteiger partial charge in [0.1, 0.15) is 0 Å². The van der Waals surface area contributed by atoms with Gasteiger partial charge in [0, 0.05) is 24.3 Å². The zero-order valence-electron chi connectivity index (χ0n) is 7.33. The van der Waals surface area contributed by atoms with Crippen LogP contribution in [-0.2, 0) is 0 Å². The van der Waals surface area contributed by atoms with Crippen molar-refractivity contribution in [1.82, 2.24) is 10.3 Å². The number of aromatic nitrogens is 1. The van der Waals surface area contributed by atoms with Crippen LogP contribution in [0.3, 0.4) is 0 Å². The van der Waals surface area contributed by atoms with Crippen molar-refractivity contribution in [3.63, 3.8) is 0 Å². The number of alkyl halides is 1. The molecule has 3 nitrogen and oxygen atoms in total. The highest BCUT2D eigenvalue weighted by Gasteiger charge is 2.04. The second-order valence-electron chi connectivity index (χ2n) is 2.73. The highest BCUT2D eigenvalue weighted by atomic mass is 35.5. The minimum Gasteiger partial charge on any atom is -0.351 e. The summed E-state index contributed by atoms with van der Waals surface area (Å²) in [5.41, 5.74) is 0.555. The van der Waals surface area contributed by atoms with Crippen molar-refractivity contribution in [2.24, 2.45) is 0 Å². The van der Waals surface area contributed by atoms with Crippen LogP contribution < -0.4 is 5.32 Å². The first kappa shape index (κ1) is 9.99. The van der Waals surface area contributed by atoms with E-state index >= 15 is 0 Å². The Bertz CT molecular complexity index is 274. The molecule has 0 aromatic carbocycles. The van der Waals surface area contributed by atoms with Gasteiger partial charge in [-0.15, -0.1) is 11.6 Å². The zero-order valence-corrected chi connectivity index (χ0v) is 8.08. The van der Waals surface area contributed by atoms with E-state index in [9.17, 15) is 4.79 Å². The fourth-order valence-electron chi connectivity index (χ4n) is 0.832. The van der Waals surface area contributed by atoms with E-state index in [-0.39, 0.29) is 11.3 Å². The van der Waals surface area contributed by atoms with Crippen LogP contribution in [0.25, 0.3) is 0 Å². The maximum Gasteiger partial charge on any atom is 0.252 e. The fraction of sp³-hybridized carbons (Fsp3) is 0.333. The van der Waals surface area contributed by atoms with Crippen LogP contribution in [0.4, 0.5) is 0 Å². The summed E-state index contributed by atoms with van der Waals surface area (Å²) >= 11 is 5.68. The van der Waals surface area contributed by atoms with Crippen LogP contribution in [0.2, 0.25) is 0 Å². The molecule has 1 unspecified atom stereocenters. The molecule has 0 saturated carbocycles. The summed E-state index contributed by atoms with van der Waals surface area (Å²) in [5.74, 6) is -0.138. The van der Waals surface area contributed by atoms with Gasteiger partial charge in [-0.1, -0.05) is 0 Å². The molecule has 0 aliphatic rings. The molecule has 0 saturated heterocycles. The first-order valence-electron chi connectivity index (χ1n) is 4.02. The normalized spacial score (nSPS) is 12.2. The third-order valence-electron chi connectivity index (χ3n) is 1.47. The summed E-state index contributed by atoms with van der Waals surface area (Å²) in [5, 5.41) is 2.63. The van der Waals surface area contributed by atoms with Gasteiger partial charge >= 0.3 is 0 Å². The predicted octanol–water partition coefficient (Wildman–Crippen LogP) is 1.44. The number of halogens is 1. The Morgan fingerprint density at radius 2 is 2.54 bits per heavy atom. The Morgan fingerprint density at radius 3 is 3.08 bits per heavy atom. The number of hydrogen-bond acceptors (Lipinski definition) is 2. The SMILES string of the molecule is CC(Cl)CNC(=O)c1cccnc1. The van der Waals surface area contributed by atoms with E-state index in [0.717, 1.165) is 0 Å². The number of carbonyl (C=O) groups excluding carboxylic acids is 1. The maximum atomic E-state index is 11.3. The number of carbonyl (C=O) groups is 1. The summed E-state index contributed by atoms with van der Waals surface area (Å²) in [7, 11) is 0. The zero-order chi connectivity index (χ0) is 9.68. The first-order valence-corrected chi connectivity index (χ1v) is 4.46. The highest BCUT2D eigenvalue weighted by Crippen LogP contribution is 1.96. The van der Waals surface area contributed by atoms with E-state index in [1.165, 1.54) is 6.20 Å². The number of rotatable bonds is 3. The molecule has 1 rings (SSSR count). The average Bonchev–Trinajstić information content (AvgIpc) is 2.15. The van der Waals surface area contributed by atoms with Gasteiger partial charge in [-0.05, 0) is 19.1 Å². The standard InChI is InChI=1S/C9H11ClN2O/c1-7(10)5-12-9(13)8-3-2-4-11-6-8/h2-4,6-7H,5H2,1H3,(H,12,13). The van der Waals surface area contributed by atoms with Gasteiger partial charge in [0.2, 0.25) is 0 Å². The number of nitrogens with one attached hydrogen (secondary N) is 1. The Labute approximate surface area is 82.1 Å². The average molecular weight is 199 g/mol. The van der Waals surface area contributed by atoms with Crippen LogP contribution in [0.5, 0.6) is 0 Å². The summed E-state index contributed by atoms with van der Waals surface area (Å²) in [4.78, 5) is 15.2. The van der Waals surface area contributed by atoms with E-state index in [1.54, 1.807) is 18.3 Å². The lowest BCUT2D eigenvalue weighted by Gasteiger charge is -2.05. The van der Waals surface area contributed by atoms with Crippen LogP contribution in [0, 0.1) is 0 Å². The van der Waals surface area contributed by atoms with Crippen molar-refractivity contribution < 1.29 is 4.79 Å². The predicted molar refractivity (Wildman–Crippen MR) is 51.9 cm³/mol. The molecule has 0 aliphatic carbocycles. The molecule has 70 valence electrons. The third-order valence-corrected chi connectivity index (χ3v) is 1.62. The topological polar surface area (TPSA) is 42.0 Å². The van der Waals surface area contributed by atoms with Crippen LogP contribution >= 0.6 is 11.6 Å². The Kier molecular flexibility index (Phi) is 3.71. The molecular formula is C9H11ClN2O. The lowest BCUT2D eigenvalue weighted by molar-refractivity contribution is 0.0953. The molecule has 1 amide bonds. The van der Waals surface area contributed by atoms with Crippen LogP contribution in [-0.4, -0.2) is 22.8 Å². The maximum absolute atomic E-state index is 11.3. The molecule has 0 spiro atoms. The highest BCUT2D eigenvalue weighted by molar-refractivity contribution is 6.20. The second kappa shape index (κ2) is 4.82. The monoisotopic (exact) mass is 198 g/mol. The molecule has 1 aromatic rings. The lowest BCUT2D eigenvalue weighted by Crippen LogP contribution is -2.28. The van der Waals surface area contributed by atoms with Crippen molar-refractivity contribution in [1.29, 1.82) is 0 Å². The Hall–Kier alpha value is -1.09. The number of nitrogens with zero attached hydrogens (tertiary/aromatic N) is 1. The quantitative estimate of drug-likeness (QED) is 0.747. The molecule has 13 heavy (non-hydrogen) atoms. The van der Waals surface area contributed by atoms with Crippen molar-refractivity contribution in [2.45, 2.75) is 12.3 Å². The van der Waals surface area contributed by atoms with Gasteiger partial charge in [-0.2, -0.15) is 0 Å². The van der Waals surface area contributed by atoms with Crippen LogP contribution in [0.1, 0.15) is 17.3 Å². The summed E-state index contributed by atoms with van der Waals surface area (Å²) in [6, 6.07) is 3.43.